The van der Waals surface area contributed by atoms with Crippen molar-refractivity contribution in [1.29, 1.82) is 0 Å². The first-order valence-corrected chi connectivity index (χ1v) is 7.92. The van der Waals surface area contributed by atoms with Crippen molar-refractivity contribution in [1.82, 2.24) is 4.90 Å². The van der Waals surface area contributed by atoms with Crippen molar-refractivity contribution < 1.29 is 4.79 Å². The van der Waals surface area contributed by atoms with Crippen LogP contribution in [0.4, 0.5) is 0 Å². The minimum Gasteiger partial charge on any atom is -0.293 e. The number of likely N-dealkylation sites (N-methyl/N-ethyl adjacent to an activating group) is 1. The first-order chi connectivity index (χ1) is 8.74. The number of ketones is 1. The molecule has 1 aliphatic carbocycles. The van der Waals surface area contributed by atoms with Crippen LogP contribution in [0.15, 0.2) is 12.1 Å². The molecular weight excluding hydrogens is 242 g/mol. The van der Waals surface area contributed by atoms with Crippen LogP contribution in [-0.4, -0.2) is 29.8 Å². The Morgan fingerprint density at radius 2 is 2.06 bits per heavy atom. The Morgan fingerprint density at radius 1 is 1.33 bits per heavy atom. The maximum Gasteiger partial charge on any atom is 0.186 e. The van der Waals surface area contributed by atoms with E-state index >= 15 is 0 Å². The van der Waals surface area contributed by atoms with Crippen molar-refractivity contribution in [2.45, 2.75) is 52.0 Å². The summed E-state index contributed by atoms with van der Waals surface area (Å²) in [6.07, 6.45) is 6.22. The lowest BCUT2D eigenvalue weighted by atomic mass is 10.2. The summed E-state index contributed by atoms with van der Waals surface area (Å²) in [5.74, 6) is 0.299. The van der Waals surface area contributed by atoms with E-state index in [-0.39, 0.29) is 0 Å². The minimum absolute atomic E-state index is 0.299. The highest BCUT2D eigenvalue weighted by Gasteiger charge is 2.23. The molecule has 0 aromatic carbocycles. The second-order valence-electron chi connectivity index (χ2n) is 5.04. The molecule has 3 heteroatoms. The van der Waals surface area contributed by atoms with Gasteiger partial charge < -0.3 is 0 Å². The third-order valence-corrected chi connectivity index (χ3v) is 5.15. The Labute approximate surface area is 114 Å². The van der Waals surface area contributed by atoms with Crippen LogP contribution in [0.25, 0.3) is 0 Å². The van der Waals surface area contributed by atoms with Crippen molar-refractivity contribution in [3.8, 4) is 0 Å². The van der Waals surface area contributed by atoms with Crippen molar-refractivity contribution >= 4 is 17.1 Å². The Morgan fingerprint density at radius 3 is 2.61 bits per heavy atom. The first kappa shape index (κ1) is 13.8. The number of nitrogens with zero attached hydrogens (tertiary/aromatic N) is 1. The fourth-order valence-corrected chi connectivity index (χ4v) is 3.63. The van der Waals surface area contributed by atoms with Gasteiger partial charge in [0.25, 0.3) is 0 Å². The van der Waals surface area contributed by atoms with Gasteiger partial charge in [0.15, 0.2) is 5.78 Å². The molecule has 0 atom stereocenters. The molecule has 0 bridgehead atoms. The Bertz CT molecular complexity index is 393. The van der Waals surface area contributed by atoms with Crippen LogP contribution >= 0.6 is 11.3 Å². The third-order valence-electron chi connectivity index (χ3n) is 3.88. The topological polar surface area (TPSA) is 20.3 Å². The molecule has 0 aliphatic heterocycles. The summed E-state index contributed by atoms with van der Waals surface area (Å²) in [6.45, 7) is 5.89. The summed E-state index contributed by atoms with van der Waals surface area (Å²) in [4.78, 5) is 16.9. The summed E-state index contributed by atoms with van der Waals surface area (Å²) in [5.41, 5.74) is 0. The van der Waals surface area contributed by atoms with Gasteiger partial charge in [-0.2, -0.15) is 0 Å². The molecule has 1 saturated carbocycles. The molecule has 0 unspecified atom stereocenters. The maximum absolute atomic E-state index is 12.3. The highest BCUT2D eigenvalue weighted by atomic mass is 32.1. The molecular formula is C15H23NOS. The zero-order valence-corrected chi connectivity index (χ0v) is 12.3. The van der Waals surface area contributed by atoms with E-state index in [2.05, 4.69) is 24.8 Å². The number of carbonyl (C=O) groups excluding carboxylic acids is 1. The number of hydrogen-bond acceptors (Lipinski definition) is 3. The normalized spacial score (nSPS) is 16.6. The molecule has 0 N–H and O–H groups in total. The lowest BCUT2D eigenvalue weighted by Crippen LogP contribution is -2.37. The average molecular weight is 265 g/mol. The van der Waals surface area contributed by atoms with Gasteiger partial charge in [-0.05, 0) is 37.9 Å². The van der Waals surface area contributed by atoms with Crippen LogP contribution in [0.5, 0.6) is 0 Å². The van der Waals surface area contributed by atoms with E-state index in [0.717, 1.165) is 17.8 Å². The Kier molecular flexibility index (Phi) is 4.95. The van der Waals surface area contributed by atoms with Crippen molar-refractivity contribution in [2.75, 3.05) is 13.1 Å². The summed E-state index contributed by atoms with van der Waals surface area (Å²) >= 11 is 1.66. The van der Waals surface area contributed by atoms with Gasteiger partial charge in [-0.1, -0.05) is 26.7 Å². The van der Waals surface area contributed by atoms with E-state index < -0.39 is 0 Å². The number of aryl methyl sites for hydroxylation is 1. The molecule has 18 heavy (non-hydrogen) atoms. The van der Waals surface area contributed by atoms with E-state index in [4.69, 9.17) is 0 Å². The van der Waals surface area contributed by atoms with Crippen LogP contribution in [0.3, 0.4) is 0 Å². The van der Waals surface area contributed by atoms with Gasteiger partial charge in [-0.25, -0.2) is 0 Å². The van der Waals surface area contributed by atoms with Gasteiger partial charge in [-0.3, -0.25) is 9.69 Å². The zero-order chi connectivity index (χ0) is 13.0. The van der Waals surface area contributed by atoms with E-state index in [1.807, 2.05) is 6.07 Å². The number of carbonyl (C=O) groups is 1. The summed E-state index contributed by atoms with van der Waals surface area (Å²) in [5, 5.41) is 0. The number of thiophene rings is 1. The van der Waals surface area contributed by atoms with Crippen LogP contribution in [0, 0.1) is 0 Å². The van der Waals surface area contributed by atoms with E-state index in [0.29, 0.717) is 18.4 Å². The highest BCUT2D eigenvalue weighted by Crippen LogP contribution is 2.24. The molecule has 0 amide bonds. The second kappa shape index (κ2) is 6.48. The Hall–Kier alpha value is -0.670. The lowest BCUT2D eigenvalue weighted by Gasteiger charge is -2.26. The molecule has 1 aromatic rings. The van der Waals surface area contributed by atoms with Gasteiger partial charge in [0, 0.05) is 10.9 Å². The number of hydrogen-bond donors (Lipinski definition) is 0. The summed E-state index contributed by atoms with van der Waals surface area (Å²) < 4.78 is 0. The maximum atomic E-state index is 12.3. The van der Waals surface area contributed by atoms with E-state index in [9.17, 15) is 4.79 Å². The number of Topliss-reactive ketones (excluding diaryl/α,β-unsaturated/α-hetero) is 1. The predicted octanol–water partition coefficient (Wildman–Crippen LogP) is 3.76. The minimum atomic E-state index is 0.299. The molecule has 2 nitrogen and oxygen atoms in total. The molecule has 1 heterocycles. The van der Waals surface area contributed by atoms with Gasteiger partial charge in [0.2, 0.25) is 0 Å². The lowest BCUT2D eigenvalue weighted by molar-refractivity contribution is 0.0903. The van der Waals surface area contributed by atoms with Crippen molar-refractivity contribution in [2.24, 2.45) is 0 Å². The largest absolute Gasteiger partial charge is 0.293 e. The standard InChI is InChI=1S/C15H23NOS/c1-3-13-9-10-15(18-13)14(17)11-16(4-2)12-7-5-6-8-12/h9-10,12H,3-8,11H2,1-2H3. The highest BCUT2D eigenvalue weighted by molar-refractivity contribution is 7.14. The molecule has 1 aliphatic rings. The van der Waals surface area contributed by atoms with E-state index in [1.54, 1.807) is 11.3 Å². The summed E-state index contributed by atoms with van der Waals surface area (Å²) in [7, 11) is 0. The first-order valence-electron chi connectivity index (χ1n) is 7.10. The molecule has 1 aromatic heterocycles. The third kappa shape index (κ3) is 3.21. The molecule has 100 valence electrons. The molecule has 0 spiro atoms. The van der Waals surface area contributed by atoms with Crippen molar-refractivity contribution in [3.05, 3.63) is 21.9 Å². The fourth-order valence-electron chi connectivity index (χ4n) is 2.75. The predicted molar refractivity (Wildman–Crippen MR) is 77.5 cm³/mol. The van der Waals surface area contributed by atoms with Crippen LogP contribution in [-0.2, 0) is 6.42 Å². The van der Waals surface area contributed by atoms with E-state index in [1.165, 1.54) is 30.6 Å². The van der Waals surface area contributed by atoms with Gasteiger partial charge in [0.05, 0.1) is 11.4 Å². The second-order valence-corrected chi connectivity index (χ2v) is 6.21. The Balaban J connectivity index is 1.96. The molecule has 2 rings (SSSR count). The smallest absolute Gasteiger partial charge is 0.186 e. The molecule has 0 radical (unpaired) electrons. The fraction of sp³-hybridized carbons (Fsp3) is 0.667. The van der Waals surface area contributed by atoms with Crippen molar-refractivity contribution in [3.63, 3.8) is 0 Å². The number of rotatable bonds is 6. The quantitative estimate of drug-likeness (QED) is 0.730. The van der Waals surface area contributed by atoms with Crippen LogP contribution in [0.2, 0.25) is 0 Å². The molecule has 0 saturated heterocycles. The zero-order valence-electron chi connectivity index (χ0n) is 11.4. The van der Waals surface area contributed by atoms with Gasteiger partial charge >= 0.3 is 0 Å². The van der Waals surface area contributed by atoms with Gasteiger partial charge in [0.1, 0.15) is 0 Å². The SMILES string of the molecule is CCc1ccc(C(=O)CN(CC)C2CCCC2)s1. The van der Waals surface area contributed by atoms with Gasteiger partial charge in [-0.15, -0.1) is 11.3 Å². The summed E-state index contributed by atoms with van der Waals surface area (Å²) in [6, 6.07) is 4.72. The van der Waals surface area contributed by atoms with Crippen LogP contribution in [0.1, 0.15) is 54.1 Å². The monoisotopic (exact) mass is 265 g/mol. The van der Waals surface area contributed by atoms with Crippen LogP contribution < -0.4 is 0 Å². The molecule has 1 fully saturated rings. The average Bonchev–Trinajstić information content (AvgIpc) is 3.05.